The molecule has 5 nitrogen and oxygen atoms in total. The highest BCUT2D eigenvalue weighted by molar-refractivity contribution is 7.89. The Balaban J connectivity index is 2.73. The number of hydrogen-bond acceptors (Lipinski definition) is 4. The van der Waals surface area contributed by atoms with Crippen molar-refractivity contribution in [1.29, 1.82) is 0 Å². The zero-order valence-corrected chi connectivity index (χ0v) is 12.1. The van der Waals surface area contributed by atoms with Gasteiger partial charge in [-0.05, 0) is 44.0 Å². The number of nitrogens with one attached hydrogen (secondary N) is 1. The van der Waals surface area contributed by atoms with Crippen molar-refractivity contribution in [2.45, 2.75) is 37.6 Å². The highest BCUT2D eigenvalue weighted by Crippen LogP contribution is 2.16. The summed E-state index contributed by atoms with van der Waals surface area (Å²) in [6, 6.07) is 6.01. The lowest BCUT2D eigenvalue weighted by atomic mass is 10.3. The summed E-state index contributed by atoms with van der Waals surface area (Å²) in [5.74, 6) is 0.657. The number of aliphatic hydroxyl groups excluding tert-OH is 1. The maximum absolute atomic E-state index is 12.0. The van der Waals surface area contributed by atoms with Gasteiger partial charge in [0.2, 0.25) is 10.0 Å². The molecule has 0 aliphatic carbocycles. The predicted octanol–water partition coefficient (Wildman–Crippen LogP) is 1.52. The summed E-state index contributed by atoms with van der Waals surface area (Å²) in [5, 5.41) is 8.77. The first-order valence-electron chi connectivity index (χ1n) is 6.35. The quantitative estimate of drug-likeness (QED) is 0.760. The standard InChI is InChI=1S/C13H21NO4S/c1-3-10-18-12-4-6-13(7-5-12)19(16,17)14-11(2)8-9-15/h4-7,11,14-15H,3,8-10H2,1-2H3. The zero-order valence-electron chi connectivity index (χ0n) is 11.3. The number of aliphatic hydroxyl groups is 1. The van der Waals surface area contributed by atoms with Gasteiger partial charge in [-0.3, -0.25) is 0 Å². The van der Waals surface area contributed by atoms with E-state index in [2.05, 4.69) is 4.72 Å². The second-order valence-electron chi connectivity index (χ2n) is 4.35. The Hall–Kier alpha value is -1.11. The topological polar surface area (TPSA) is 75.6 Å². The second-order valence-corrected chi connectivity index (χ2v) is 6.07. The van der Waals surface area contributed by atoms with Crippen LogP contribution in [0.1, 0.15) is 26.7 Å². The largest absolute Gasteiger partial charge is 0.494 e. The third-order valence-electron chi connectivity index (χ3n) is 2.53. The zero-order chi connectivity index (χ0) is 14.3. The highest BCUT2D eigenvalue weighted by Gasteiger charge is 2.16. The molecule has 108 valence electrons. The third-order valence-corrected chi connectivity index (χ3v) is 4.13. The molecule has 1 atom stereocenters. The summed E-state index contributed by atoms with van der Waals surface area (Å²) in [6.45, 7) is 4.28. The van der Waals surface area contributed by atoms with Gasteiger partial charge in [0.15, 0.2) is 0 Å². The molecule has 0 saturated heterocycles. The average Bonchev–Trinajstić information content (AvgIpc) is 2.36. The molecule has 2 N–H and O–H groups in total. The van der Waals surface area contributed by atoms with Crippen molar-refractivity contribution < 1.29 is 18.3 Å². The van der Waals surface area contributed by atoms with Crippen LogP contribution in [0.3, 0.4) is 0 Å². The van der Waals surface area contributed by atoms with Crippen LogP contribution in [-0.2, 0) is 10.0 Å². The Labute approximate surface area is 114 Å². The van der Waals surface area contributed by atoms with Gasteiger partial charge in [0, 0.05) is 12.6 Å². The molecule has 1 rings (SSSR count). The first kappa shape index (κ1) is 15.9. The van der Waals surface area contributed by atoms with E-state index in [-0.39, 0.29) is 17.5 Å². The van der Waals surface area contributed by atoms with Crippen LogP contribution in [0.4, 0.5) is 0 Å². The fourth-order valence-electron chi connectivity index (χ4n) is 1.52. The molecule has 0 spiro atoms. The minimum absolute atomic E-state index is 0.0481. The summed E-state index contributed by atoms with van der Waals surface area (Å²) in [7, 11) is -3.54. The molecule has 0 saturated carbocycles. The Morgan fingerprint density at radius 3 is 2.47 bits per heavy atom. The molecule has 0 aromatic heterocycles. The normalized spacial score (nSPS) is 13.2. The Kier molecular flexibility index (Phi) is 6.27. The van der Waals surface area contributed by atoms with Crippen LogP contribution >= 0.6 is 0 Å². The second kappa shape index (κ2) is 7.47. The van der Waals surface area contributed by atoms with Gasteiger partial charge in [0.25, 0.3) is 0 Å². The van der Waals surface area contributed by atoms with E-state index in [9.17, 15) is 8.42 Å². The highest BCUT2D eigenvalue weighted by atomic mass is 32.2. The molecule has 0 aliphatic heterocycles. The molecule has 1 unspecified atom stereocenters. The lowest BCUT2D eigenvalue weighted by Gasteiger charge is -2.13. The van der Waals surface area contributed by atoms with Gasteiger partial charge in [-0.1, -0.05) is 6.92 Å². The smallest absolute Gasteiger partial charge is 0.240 e. The lowest BCUT2D eigenvalue weighted by molar-refractivity contribution is 0.275. The molecule has 0 bridgehead atoms. The predicted molar refractivity (Wildman–Crippen MR) is 73.7 cm³/mol. The van der Waals surface area contributed by atoms with Gasteiger partial charge in [0.05, 0.1) is 11.5 Å². The molecule has 0 heterocycles. The summed E-state index contributed by atoms with van der Waals surface area (Å²) in [4.78, 5) is 0.195. The lowest BCUT2D eigenvalue weighted by Crippen LogP contribution is -2.33. The van der Waals surface area contributed by atoms with Crippen molar-refractivity contribution >= 4 is 10.0 Å². The van der Waals surface area contributed by atoms with Crippen molar-refractivity contribution in [2.24, 2.45) is 0 Å². The fourth-order valence-corrected chi connectivity index (χ4v) is 2.80. The molecule has 19 heavy (non-hydrogen) atoms. The fraction of sp³-hybridized carbons (Fsp3) is 0.538. The number of sulfonamides is 1. The van der Waals surface area contributed by atoms with Crippen molar-refractivity contribution in [3.05, 3.63) is 24.3 Å². The van der Waals surface area contributed by atoms with Gasteiger partial charge in [-0.25, -0.2) is 13.1 Å². The van der Waals surface area contributed by atoms with Crippen molar-refractivity contribution in [3.63, 3.8) is 0 Å². The molecule has 0 amide bonds. The maximum atomic E-state index is 12.0. The van der Waals surface area contributed by atoms with Crippen molar-refractivity contribution in [3.8, 4) is 5.75 Å². The number of ether oxygens (including phenoxy) is 1. The van der Waals surface area contributed by atoms with Crippen LogP contribution < -0.4 is 9.46 Å². The molecule has 1 aromatic carbocycles. The third kappa shape index (κ3) is 5.18. The first-order valence-corrected chi connectivity index (χ1v) is 7.84. The van der Waals surface area contributed by atoms with E-state index in [1.165, 1.54) is 12.1 Å². The molecular formula is C13H21NO4S. The SMILES string of the molecule is CCCOc1ccc(S(=O)(=O)NC(C)CCO)cc1. The van der Waals surface area contributed by atoms with Crippen LogP contribution in [0.2, 0.25) is 0 Å². The number of hydrogen-bond donors (Lipinski definition) is 2. The molecule has 0 fully saturated rings. The van der Waals surface area contributed by atoms with Crippen LogP contribution in [0, 0.1) is 0 Å². The minimum atomic E-state index is -3.54. The Morgan fingerprint density at radius 1 is 1.32 bits per heavy atom. The van der Waals surface area contributed by atoms with Gasteiger partial charge < -0.3 is 9.84 Å². The van der Waals surface area contributed by atoms with E-state index in [4.69, 9.17) is 9.84 Å². The van der Waals surface area contributed by atoms with Gasteiger partial charge in [-0.2, -0.15) is 0 Å². The maximum Gasteiger partial charge on any atom is 0.240 e. The summed E-state index contributed by atoms with van der Waals surface area (Å²) < 4.78 is 31.9. The Morgan fingerprint density at radius 2 is 1.95 bits per heavy atom. The van der Waals surface area contributed by atoms with Crippen LogP contribution in [0.15, 0.2) is 29.2 Å². The number of benzene rings is 1. The van der Waals surface area contributed by atoms with E-state index < -0.39 is 10.0 Å². The molecule has 0 aliphatic rings. The average molecular weight is 287 g/mol. The van der Waals surface area contributed by atoms with E-state index in [0.717, 1.165) is 6.42 Å². The number of rotatable bonds is 8. The minimum Gasteiger partial charge on any atom is -0.494 e. The molecule has 0 radical (unpaired) electrons. The van der Waals surface area contributed by atoms with Crippen molar-refractivity contribution in [1.82, 2.24) is 4.72 Å². The van der Waals surface area contributed by atoms with Crippen LogP contribution in [0.25, 0.3) is 0 Å². The first-order chi connectivity index (χ1) is 8.99. The van der Waals surface area contributed by atoms with Crippen LogP contribution in [0.5, 0.6) is 5.75 Å². The van der Waals surface area contributed by atoms with Gasteiger partial charge >= 0.3 is 0 Å². The summed E-state index contributed by atoms with van der Waals surface area (Å²) in [6.07, 6.45) is 1.29. The van der Waals surface area contributed by atoms with E-state index in [1.807, 2.05) is 6.92 Å². The summed E-state index contributed by atoms with van der Waals surface area (Å²) >= 11 is 0. The van der Waals surface area contributed by atoms with Gasteiger partial charge in [0.1, 0.15) is 5.75 Å². The van der Waals surface area contributed by atoms with E-state index in [0.29, 0.717) is 18.8 Å². The van der Waals surface area contributed by atoms with Crippen LogP contribution in [-0.4, -0.2) is 32.8 Å². The van der Waals surface area contributed by atoms with E-state index >= 15 is 0 Å². The van der Waals surface area contributed by atoms with Gasteiger partial charge in [-0.15, -0.1) is 0 Å². The monoisotopic (exact) mass is 287 g/mol. The molecular weight excluding hydrogens is 266 g/mol. The Bertz CT molecular complexity index is 470. The summed E-state index contributed by atoms with van der Waals surface area (Å²) in [5.41, 5.74) is 0. The molecule has 1 aromatic rings. The molecule has 6 heteroatoms. The van der Waals surface area contributed by atoms with E-state index in [1.54, 1.807) is 19.1 Å². The van der Waals surface area contributed by atoms with Crippen molar-refractivity contribution in [2.75, 3.05) is 13.2 Å².